The van der Waals surface area contributed by atoms with Gasteiger partial charge >= 0.3 is 0 Å². The molecule has 6 heteroatoms. The third-order valence-corrected chi connectivity index (χ3v) is 5.12. The van der Waals surface area contributed by atoms with Crippen LogP contribution in [0.2, 0.25) is 0 Å². The molecule has 1 saturated carbocycles. The van der Waals surface area contributed by atoms with E-state index in [1.165, 1.54) is 11.8 Å². The van der Waals surface area contributed by atoms with Gasteiger partial charge in [-0.05, 0) is 37.1 Å². The lowest BCUT2D eigenvalue weighted by Crippen LogP contribution is -2.34. The van der Waals surface area contributed by atoms with Gasteiger partial charge in [-0.3, -0.25) is 4.79 Å². The van der Waals surface area contributed by atoms with E-state index in [9.17, 15) is 4.79 Å². The number of ether oxygens (including phenoxy) is 2. The van der Waals surface area contributed by atoms with Crippen LogP contribution in [0.15, 0.2) is 47.6 Å². The third-order valence-electron chi connectivity index (χ3n) is 4.17. The van der Waals surface area contributed by atoms with Crippen molar-refractivity contribution in [2.45, 2.75) is 36.5 Å². The Morgan fingerprint density at radius 2 is 2.00 bits per heavy atom. The highest BCUT2D eigenvalue weighted by Gasteiger charge is 2.44. The number of hydrogen-bond donors (Lipinski definition) is 1. The summed E-state index contributed by atoms with van der Waals surface area (Å²) in [7, 11) is 0. The zero-order valence-electron chi connectivity index (χ0n) is 13.2. The van der Waals surface area contributed by atoms with Gasteiger partial charge in [0.1, 0.15) is 0 Å². The van der Waals surface area contributed by atoms with Gasteiger partial charge in [0.15, 0.2) is 11.5 Å². The van der Waals surface area contributed by atoms with Crippen LogP contribution in [-0.4, -0.2) is 22.4 Å². The lowest BCUT2D eigenvalue weighted by molar-refractivity contribution is -0.113. The average Bonchev–Trinajstić information content (AvgIpc) is 3.20. The van der Waals surface area contributed by atoms with Crippen molar-refractivity contribution in [1.29, 1.82) is 0 Å². The maximum Gasteiger partial charge on any atom is 0.251 e. The number of carbonyl (C=O) groups excluding carboxylic acids is 1. The van der Waals surface area contributed by atoms with Gasteiger partial charge in [0.05, 0.1) is 10.8 Å². The molecule has 4 rings (SSSR count). The summed E-state index contributed by atoms with van der Waals surface area (Å²) in [5, 5.41) is 3.73. The Morgan fingerprint density at radius 1 is 1.17 bits per heavy atom. The largest absolute Gasteiger partial charge is 0.448 e. The number of thioether (sulfide) groups is 1. The Labute approximate surface area is 144 Å². The molecular formula is C18H18N2O3S. The molecule has 1 aromatic heterocycles. The third kappa shape index (κ3) is 3.19. The van der Waals surface area contributed by atoms with Crippen LogP contribution in [-0.2, 0) is 4.79 Å². The van der Waals surface area contributed by atoms with Gasteiger partial charge in [-0.15, -0.1) is 0 Å². The molecule has 2 aliphatic rings. The maximum absolute atomic E-state index is 12.1. The predicted octanol–water partition coefficient (Wildman–Crippen LogP) is 3.85. The van der Waals surface area contributed by atoms with Crippen LogP contribution in [0, 0.1) is 0 Å². The molecule has 1 spiro atoms. The summed E-state index contributed by atoms with van der Waals surface area (Å²) in [6.07, 6.45) is 5.82. The summed E-state index contributed by atoms with van der Waals surface area (Å²) in [5.74, 6) is 1.25. The lowest BCUT2D eigenvalue weighted by Gasteiger charge is -2.21. The van der Waals surface area contributed by atoms with Crippen molar-refractivity contribution >= 4 is 23.4 Å². The molecule has 1 aliphatic heterocycles. The van der Waals surface area contributed by atoms with E-state index in [1.54, 1.807) is 6.20 Å². The average molecular weight is 342 g/mol. The van der Waals surface area contributed by atoms with Gasteiger partial charge in [0, 0.05) is 30.8 Å². The van der Waals surface area contributed by atoms with Crippen molar-refractivity contribution in [3.63, 3.8) is 0 Å². The molecule has 24 heavy (non-hydrogen) atoms. The van der Waals surface area contributed by atoms with Crippen LogP contribution in [0.5, 0.6) is 11.5 Å². The number of carbonyl (C=O) groups is 1. The topological polar surface area (TPSA) is 60.5 Å². The zero-order chi connectivity index (χ0) is 16.4. The molecule has 1 amide bonds. The quantitative estimate of drug-likeness (QED) is 0.855. The number of fused-ring (bicyclic) bond motifs is 1. The minimum atomic E-state index is -0.472. The first kappa shape index (κ1) is 15.3. The summed E-state index contributed by atoms with van der Waals surface area (Å²) < 4.78 is 12.0. The highest BCUT2D eigenvalue weighted by Crippen LogP contribution is 2.47. The van der Waals surface area contributed by atoms with Crippen LogP contribution < -0.4 is 14.8 Å². The number of benzene rings is 1. The molecule has 1 aliphatic carbocycles. The number of rotatable bonds is 4. The first-order valence-electron chi connectivity index (χ1n) is 8.08. The SMILES string of the molecule is O=C(CSc1ccccn1)Nc1ccc2c(c1)OC1(CCCC1)O2. The van der Waals surface area contributed by atoms with Crippen LogP contribution in [0.25, 0.3) is 0 Å². The molecule has 2 aromatic rings. The minimum Gasteiger partial charge on any atom is -0.448 e. The van der Waals surface area contributed by atoms with Gasteiger partial charge < -0.3 is 14.8 Å². The van der Waals surface area contributed by atoms with Crippen LogP contribution >= 0.6 is 11.8 Å². The van der Waals surface area contributed by atoms with E-state index in [2.05, 4.69) is 10.3 Å². The molecule has 1 aromatic carbocycles. The molecular weight excluding hydrogens is 324 g/mol. The predicted molar refractivity (Wildman–Crippen MR) is 92.5 cm³/mol. The number of pyridine rings is 1. The molecule has 0 unspecified atom stereocenters. The minimum absolute atomic E-state index is 0.0694. The Hall–Kier alpha value is -2.21. The fourth-order valence-corrected chi connectivity index (χ4v) is 3.72. The van der Waals surface area contributed by atoms with Gasteiger partial charge in [0.2, 0.25) is 5.91 Å². The van der Waals surface area contributed by atoms with Crippen molar-refractivity contribution in [1.82, 2.24) is 4.98 Å². The Balaban J connectivity index is 1.37. The van der Waals surface area contributed by atoms with E-state index in [4.69, 9.17) is 9.47 Å². The lowest BCUT2D eigenvalue weighted by atomic mass is 10.2. The van der Waals surface area contributed by atoms with Crippen molar-refractivity contribution < 1.29 is 14.3 Å². The van der Waals surface area contributed by atoms with Crippen LogP contribution in [0.1, 0.15) is 25.7 Å². The summed E-state index contributed by atoms with van der Waals surface area (Å²) in [6.45, 7) is 0. The van der Waals surface area contributed by atoms with Gasteiger partial charge in [-0.1, -0.05) is 17.8 Å². The molecule has 124 valence electrons. The Morgan fingerprint density at radius 3 is 2.79 bits per heavy atom. The summed E-state index contributed by atoms with van der Waals surface area (Å²) >= 11 is 1.41. The fraction of sp³-hybridized carbons (Fsp3) is 0.333. The normalized spacial score (nSPS) is 17.2. The van der Waals surface area contributed by atoms with E-state index in [0.717, 1.165) is 42.1 Å². The van der Waals surface area contributed by atoms with E-state index < -0.39 is 5.79 Å². The smallest absolute Gasteiger partial charge is 0.251 e. The van der Waals surface area contributed by atoms with Crippen molar-refractivity contribution in [2.24, 2.45) is 0 Å². The first-order chi connectivity index (χ1) is 11.7. The number of aromatic nitrogens is 1. The number of nitrogens with zero attached hydrogens (tertiary/aromatic N) is 1. The van der Waals surface area contributed by atoms with E-state index in [1.807, 2.05) is 36.4 Å². The number of hydrogen-bond acceptors (Lipinski definition) is 5. The van der Waals surface area contributed by atoms with E-state index in [-0.39, 0.29) is 5.91 Å². The number of anilines is 1. The maximum atomic E-state index is 12.1. The molecule has 1 N–H and O–H groups in total. The molecule has 0 radical (unpaired) electrons. The molecule has 1 fully saturated rings. The van der Waals surface area contributed by atoms with Crippen LogP contribution in [0.4, 0.5) is 5.69 Å². The van der Waals surface area contributed by atoms with Crippen LogP contribution in [0.3, 0.4) is 0 Å². The standard InChI is InChI=1S/C18H18N2O3S/c21-16(12-24-17-5-1-4-10-19-17)20-13-6-7-14-15(11-13)23-18(22-14)8-2-3-9-18/h1,4-7,10-11H,2-3,8-9,12H2,(H,20,21). The van der Waals surface area contributed by atoms with Crippen molar-refractivity contribution in [2.75, 3.05) is 11.1 Å². The van der Waals surface area contributed by atoms with Gasteiger partial charge in [0.25, 0.3) is 5.79 Å². The molecule has 0 atom stereocenters. The molecule has 2 heterocycles. The summed E-state index contributed by atoms with van der Waals surface area (Å²) in [4.78, 5) is 16.3. The molecule has 5 nitrogen and oxygen atoms in total. The van der Waals surface area contributed by atoms with Gasteiger partial charge in [-0.2, -0.15) is 0 Å². The fourth-order valence-electron chi connectivity index (χ4n) is 3.06. The second kappa shape index (κ2) is 6.36. The summed E-state index contributed by atoms with van der Waals surface area (Å²) in [5.41, 5.74) is 0.721. The van der Waals surface area contributed by atoms with E-state index in [0.29, 0.717) is 11.5 Å². The highest BCUT2D eigenvalue weighted by molar-refractivity contribution is 7.99. The number of amides is 1. The van der Waals surface area contributed by atoms with Crippen molar-refractivity contribution in [3.8, 4) is 11.5 Å². The second-order valence-electron chi connectivity index (χ2n) is 5.99. The van der Waals surface area contributed by atoms with E-state index >= 15 is 0 Å². The molecule has 0 bridgehead atoms. The second-order valence-corrected chi connectivity index (χ2v) is 6.98. The monoisotopic (exact) mass is 342 g/mol. The summed E-state index contributed by atoms with van der Waals surface area (Å²) in [6, 6.07) is 11.2. The Kier molecular flexibility index (Phi) is 4.06. The van der Waals surface area contributed by atoms with Crippen molar-refractivity contribution in [3.05, 3.63) is 42.6 Å². The number of nitrogens with one attached hydrogen (secondary N) is 1. The van der Waals surface area contributed by atoms with Gasteiger partial charge in [-0.25, -0.2) is 4.98 Å². The highest BCUT2D eigenvalue weighted by atomic mass is 32.2. The molecule has 0 saturated heterocycles. The first-order valence-corrected chi connectivity index (χ1v) is 9.07. The zero-order valence-corrected chi connectivity index (χ0v) is 14.0. The Bertz CT molecular complexity index is 745.